The molecule has 1 aliphatic rings. The van der Waals surface area contributed by atoms with Gasteiger partial charge in [-0.1, -0.05) is 44.2 Å². The highest BCUT2D eigenvalue weighted by Crippen LogP contribution is 2.36. The van der Waals surface area contributed by atoms with Crippen LogP contribution in [0.2, 0.25) is 0 Å². The van der Waals surface area contributed by atoms with Crippen molar-refractivity contribution in [3.8, 4) is 17.3 Å². The molecule has 0 unspecified atom stereocenters. The molecule has 3 aromatic rings. The number of carbonyl (C=O) groups excluding carboxylic acids is 1. The van der Waals surface area contributed by atoms with Crippen LogP contribution in [0.3, 0.4) is 0 Å². The van der Waals surface area contributed by atoms with E-state index in [0.29, 0.717) is 25.4 Å². The molecule has 0 radical (unpaired) electrons. The second kappa shape index (κ2) is 9.85. The Hall–Kier alpha value is -3.35. The molecule has 1 N–H and O–H groups in total. The average molecular weight is 437 g/mol. The van der Waals surface area contributed by atoms with E-state index in [4.69, 9.17) is 9.84 Å². The molecule has 32 heavy (non-hydrogen) atoms. The molecular weight excluding hydrogens is 407 g/mol. The van der Waals surface area contributed by atoms with E-state index < -0.39 is 5.82 Å². The summed E-state index contributed by atoms with van der Waals surface area (Å²) in [6.45, 7) is 5.04. The molecule has 4 rings (SSSR count). The van der Waals surface area contributed by atoms with Crippen LogP contribution in [0.4, 0.5) is 9.18 Å². The maximum atomic E-state index is 14.5. The normalized spacial score (nSPS) is 13.1. The molecule has 2 aromatic carbocycles. The van der Waals surface area contributed by atoms with Gasteiger partial charge in [0.1, 0.15) is 0 Å². The van der Waals surface area contributed by atoms with Crippen LogP contribution in [0, 0.1) is 5.82 Å². The van der Waals surface area contributed by atoms with Crippen molar-refractivity contribution in [2.24, 2.45) is 0 Å². The van der Waals surface area contributed by atoms with Gasteiger partial charge in [0, 0.05) is 12.6 Å². The molecule has 1 fully saturated rings. The third-order valence-electron chi connectivity index (χ3n) is 5.50. The minimum Gasteiger partial charge on any atom is -0.435 e. The van der Waals surface area contributed by atoms with Crippen LogP contribution < -0.4 is 10.1 Å². The summed E-state index contributed by atoms with van der Waals surface area (Å²) in [6, 6.07) is 16.1. The van der Waals surface area contributed by atoms with Gasteiger partial charge in [-0.05, 0) is 49.9 Å². The summed E-state index contributed by atoms with van der Waals surface area (Å²) in [5.41, 5.74) is 2.44. The summed E-state index contributed by atoms with van der Waals surface area (Å²) in [5, 5.41) is 7.78. The van der Waals surface area contributed by atoms with E-state index in [9.17, 15) is 9.18 Å². The van der Waals surface area contributed by atoms with Crippen molar-refractivity contribution >= 4 is 6.03 Å². The van der Waals surface area contributed by atoms with E-state index in [-0.39, 0.29) is 17.8 Å². The minimum atomic E-state index is -0.447. The highest BCUT2D eigenvalue weighted by Gasteiger charge is 2.35. The summed E-state index contributed by atoms with van der Waals surface area (Å²) in [7, 11) is 0. The van der Waals surface area contributed by atoms with E-state index in [1.54, 1.807) is 22.9 Å². The molecule has 1 saturated carbocycles. The fourth-order valence-electron chi connectivity index (χ4n) is 3.66. The van der Waals surface area contributed by atoms with Crippen LogP contribution in [-0.4, -0.2) is 33.3 Å². The molecule has 2 amide bonds. The zero-order valence-corrected chi connectivity index (χ0v) is 18.6. The monoisotopic (exact) mass is 436 g/mol. The average Bonchev–Trinajstić information content (AvgIpc) is 3.60. The van der Waals surface area contributed by atoms with Crippen molar-refractivity contribution in [3.05, 3.63) is 71.7 Å². The first-order chi connectivity index (χ1) is 15.6. The molecular formula is C25H29FN4O2. The van der Waals surface area contributed by atoms with Gasteiger partial charge in [0.25, 0.3) is 0 Å². The SMILES string of the molecule is CCCNC(=O)N(Cc1c(CC)nn(-c2ccccc2)c1Oc1ccccc1F)C1CC1. The van der Waals surface area contributed by atoms with Gasteiger partial charge >= 0.3 is 6.03 Å². The minimum absolute atomic E-state index is 0.0827. The van der Waals surface area contributed by atoms with Crippen molar-refractivity contribution in [2.45, 2.75) is 52.1 Å². The number of urea groups is 1. The lowest BCUT2D eigenvalue weighted by molar-refractivity contribution is 0.191. The zero-order chi connectivity index (χ0) is 22.5. The van der Waals surface area contributed by atoms with Crippen LogP contribution >= 0.6 is 0 Å². The van der Waals surface area contributed by atoms with Crippen LogP contribution in [0.15, 0.2) is 54.6 Å². The number of benzene rings is 2. The smallest absolute Gasteiger partial charge is 0.317 e. The second-order valence-corrected chi connectivity index (χ2v) is 7.95. The number of amides is 2. The molecule has 0 bridgehead atoms. The molecule has 7 heteroatoms. The predicted octanol–water partition coefficient (Wildman–Crippen LogP) is 5.45. The van der Waals surface area contributed by atoms with Gasteiger partial charge in [-0.15, -0.1) is 0 Å². The summed E-state index contributed by atoms with van der Waals surface area (Å²) in [6.07, 6.45) is 3.50. The zero-order valence-electron chi connectivity index (χ0n) is 18.6. The second-order valence-electron chi connectivity index (χ2n) is 7.95. The molecule has 0 aliphatic heterocycles. The van der Waals surface area contributed by atoms with Crippen molar-refractivity contribution in [3.63, 3.8) is 0 Å². The van der Waals surface area contributed by atoms with Crippen molar-refractivity contribution in [1.29, 1.82) is 0 Å². The topological polar surface area (TPSA) is 59.4 Å². The Bertz CT molecular complexity index is 1060. The third-order valence-corrected chi connectivity index (χ3v) is 5.50. The summed E-state index contributed by atoms with van der Waals surface area (Å²) < 4.78 is 22.3. The molecule has 6 nitrogen and oxygen atoms in total. The number of halogens is 1. The Morgan fingerprint density at radius 3 is 2.53 bits per heavy atom. The van der Waals surface area contributed by atoms with Crippen molar-refractivity contribution in [1.82, 2.24) is 20.0 Å². The van der Waals surface area contributed by atoms with E-state index in [2.05, 4.69) is 5.32 Å². The number of hydrogen-bond donors (Lipinski definition) is 1. The maximum Gasteiger partial charge on any atom is 0.317 e. The molecule has 0 spiro atoms. The third kappa shape index (κ3) is 4.77. The Kier molecular flexibility index (Phi) is 6.73. The first-order valence-electron chi connectivity index (χ1n) is 11.2. The van der Waals surface area contributed by atoms with Gasteiger partial charge in [-0.3, -0.25) is 0 Å². The molecule has 0 atom stereocenters. The Balaban J connectivity index is 1.77. The number of aromatic nitrogens is 2. The lowest BCUT2D eigenvalue weighted by Gasteiger charge is -2.23. The number of rotatable bonds is 9. The van der Waals surface area contributed by atoms with Gasteiger partial charge in [-0.25, -0.2) is 13.9 Å². The highest BCUT2D eigenvalue weighted by molar-refractivity contribution is 5.75. The number of para-hydroxylation sites is 2. The largest absolute Gasteiger partial charge is 0.435 e. The summed E-state index contributed by atoms with van der Waals surface area (Å²) in [5.74, 6) is 0.117. The highest BCUT2D eigenvalue weighted by atomic mass is 19.1. The molecule has 1 aliphatic carbocycles. The van der Waals surface area contributed by atoms with E-state index in [0.717, 1.165) is 36.2 Å². The van der Waals surface area contributed by atoms with Gasteiger partial charge in [0.15, 0.2) is 11.6 Å². The fraction of sp³-hybridized carbons (Fsp3) is 0.360. The first kappa shape index (κ1) is 21.9. The Labute approximate surface area is 188 Å². The van der Waals surface area contributed by atoms with Crippen LogP contribution in [0.25, 0.3) is 5.69 Å². The molecule has 0 saturated heterocycles. The number of nitrogens with zero attached hydrogens (tertiary/aromatic N) is 3. The van der Waals surface area contributed by atoms with Gasteiger partial charge in [0.2, 0.25) is 5.88 Å². The van der Waals surface area contributed by atoms with Gasteiger partial charge < -0.3 is 15.0 Å². The van der Waals surface area contributed by atoms with Crippen LogP contribution in [-0.2, 0) is 13.0 Å². The lowest BCUT2D eigenvalue weighted by atomic mass is 10.2. The molecule has 168 valence electrons. The number of hydrogen-bond acceptors (Lipinski definition) is 3. The van der Waals surface area contributed by atoms with Gasteiger partial charge in [0.05, 0.1) is 23.5 Å². The first-order valence-corrected chi connectivity index (χ1v) is 11.2. The van der Waals surface area contributed by atoms with E-state index >= 15 is 0 Å². The standard InChI is InChI=1S/C25H29FN4O2/c1-3-16-27-25(31)29(18-14-15-18)17-20-22(4-2)28-30(19-10-6-5-7-11-19)24(20)32-23-13-9-8-12-21(23)26/h5-13,18H,3-4,14-17H2,1-2H3,(H,27,31). The fourth-order valence-corrected chi connectivity index (χ4v) is 3.66. The lowest BCUT2D eigenvalue weighted by Crippen LogP contribution is -2.41. The van der Waals surface area contributed by atoms with Crippen molar-refractivity contribution < 1.29 is 13.9 Å². The Morgan fingerprint density at radius 1 is 1.16 bits per heavy atom. The molecule has 1 aromatic heterocycles. The number of nitrogens with one attached hydrogen (secondary N) is 1. The molecule has 1 heterocycles. The van der Waals surface area contributed by atoms with Crippen molar-refractivity contribution in [2.75, 3.05) is 6.54 Å². The Morgan fingerprint density at radius 2 is 1.88 bits per heavy atom. The van der Waals surface area contributed by atoms with E-state index in [1.807, 2.05) is 49.1 Å². The quantitative estimate of drug-likeness (QED) is 0.485. The van der Waals surface area contributed by atoms with Crippen LogP contribution in [0.1, 0.15) is 44.4 Å². The number of ether oxygens (including phenoxy) is 1. The summed E-state index contributed by atoms with van der Waals surface area (Å²) >= 11 is 0. The number of carbonyl (C=O) groups is 1. The predicted molar refractivity (Wildman–Crippen MR) is 122 cm³/mol. The van der Waals surface area contributed by atoms with Gasteiger partial charge in [-0.2, -0.15) is 5.10 Å². The van der Waals surface area contributed by atoms with E-state index in [1.165, 1.54) is 6.07 Å². The number of aryl methyl sites for hydroxylation is 1. The summed E-state index contributed by atoms with van der Waals surface area (Å²) in [4.78, 5) is 14.7. The maximum absolute atomic E-state index is 14.5. The van der Waals surface area contributed by atoms with Crippen LogP contribution in [0.5, 0.6) is 11.6 Å².